The number of benzene rings is 1. The van der Waals surface area contributed by atoms with E-state index in [9.17, 15) is 8.42 Å². The van der Waals surface area contributed by atoms with Gasteiger partial charge in [-0.2, -0.15) is 9.78 Å². The number of hydrogen-bond acceptors (Lipinski definition) is 8. The van der Waals surface area contributed by atoms with Crippen LogP contribution in [0.4, 0.5) is 5.69 Å². The molecule has 9 nitrogen and oxygen atoms in total. The highest BCUT2D eigenvalue weighted by Gasteiger charge is 2.24. The van der Waals surface area contributed by atoms with Crippen LogP contribution in [0.5, 0.6) is 0 Å². The monoisotopic (exact) mass is 294 g/mol. The van der Waals surface area contributed by atoms with Crippen LogP contribution in [0.25, 0.3) is 11.1 Å². The number of sulfone groups is 1. The fourth-order valence-corrected chi connectivity index (χ4v) is 2.70. The number of rotatable bonds is 3. The van der Waals surface area contributed by atoms with Gasteiger partial charge in [-0.05, 0) is 17.3 Å². The van der Waals surface area contributed by atoms with Crippen molar-refractivity contribution in [1.82, 2.24) is 25.2 Å². The Morgan fingerprint density at radius 2 is 2.20 bits per heavy atom. The molecule has 0 aliphatic carbocycles. The summed E-state index contributed by atoms with van der Waals surface area (Å²) in [6.07, 6.45) is 0. The summed E-state index contributed by atoms with van der Waals surface area (Å²) in [7, 11) is -2.22. The van der Waals surface area contributed by atoms with Crippen LogP contribution in [0.2, 0.25) is 0 Å². The number of nitrogens with two attached hydrogens (primary N) is 1. The summed E-state index contributed by atoms with van der Waals surface area (Å²) in [5.41, 5.74) is 6.80. The molecule has 0 amide bonds. The van der Waals surface area contributed by atoms with Crippen LogP contribution in [0.3, 0.4) is 0 Å². The van der Waals surface area contributed by atoms with Crippen molar-refractivity contribution < 1.29 is 12.8 Å². The summed E-state index contributed by atoms with van der Waals surface area (Å²) in [6, 6.07) is 4.72. The predicted octanol–water partition coefficient (Wildman–Crippen LogP) is -0.0926. The molecule has 3 rings (SSSR count). The van der Waals surface area contributed by atoms with E-state index in [0.717, 1.165) is 0 Å². The number of aryl methyl sites for hydroxylation is 1. The van der Waals surface area contributed by atoms with E-state index in [-0.39, 0.29) is 11.0 Å². The van der Waals surface area contributed by atoms with Crippen LogP contribution < -0.4 is 5.73 Å². The van der Waals surface area contributed by atoms with Crippen molar-refractivity contribution >= 4 is 26.6 Å². The normalized spacial score (nSPS) is 12.1. The van der Waals surface area contributed by atoms with Crippen molar-refractivity contribution in [3.63, 3.8) is 0 Å². The van der Waals surface area contributed by atoms with Gasteiger partial charge >= 0.3 is 5.22 Å². The largest absolute Gasteiger partial charge is 0.428 e. The molecule has 0 aliphatic heterocycles. The Morgan fingerprint density at radius 1 is 1.40 bits per heavy atom. The fraction of sp³-hybridized carbons (Fsp3) is 0.200. The topological polar surface area (TPSA) is 130 Å². The highest BCUT2D eigenvalue weighted by Crippen LogP contribution is 2.22. The molecule has 0 saturated carbocycles. The number of oxazole rings is 1. The first-order chi connectivity index (χ1) is 9.44. The maximum absolute atomic E-state index is 12.2. The number of hydrogen-bond donors (Lipinski definition) is 1. The van der Waals surface area contributed by atoms with Crippen molar-refractivity contribution in [2.45, 2.75) is 11.0 Å². The first kappa shape index (κ1) is 12.5. The SMILES string of the molecule is Cn1nnc(CS(=O)(=O)c2nc3ccc(N)cc3o2)n1. The second kappa shape index (κ2) is 4.27. The number of anilines is 1. The predicted molar refractivity (Wildman–Crippen MR) is 68.1 cm³/mol. The molecule has 10 heteroatoms. The van der Waals surface area contributed by atoms with Crippen molar-refractivity contribution in [2.75, 3.05) is 5.73 Å². The molecule has 0 fully saturated rings. The van der Waals surface area contributed by atoms with Gasteiger partial charge in [0.2, 0.25) is 9.84 Å². The Bertz CT molecular complexity index is 881. The molecule has 0 spiro atoms. The van der Waals surface area contributed by atoms with E-state index in [1.54, 1.807) is 19.2 Å². The Morgan fingerprint density at radius 3 is 2.90 bits per heavy atom. The molecule has 1 aromatic carbocycles. The van der Waals surface area contributed by atoms with Crippen molar-refractivity contribution in [3.8, 4) is 0 Å². The van der Waals surface area contributed by atoms with Gasteiger partial charge in [-0.3, -0.25) is 0 Å². The lowest BCUT2D eigenvalue weighted by atomic mass is 10.3. The van der Waals surface area contributed by atoms with Gasteiger partial charge in [-0.25, -0.2) is 8.42 Å². The zero-order valence-corrected chi connectivity index (χ0v) is 11.2. The molecule has 104 valence electrons. The maximum atomic E-state index is 12.2. The summed E-state index contributed by atoms with van der Waals surface area (Å²) in [5.74, 6) is -0.349. The van der Waals surface area contributed by atoms with Crippen molar-refractivity contribution in [2.24, 2.45) is 7.05 Å². The smallest absolute Gasteiger partial charge is 0.316 e. The maximum Gasteiger partial charge on any atom is 0.316 e. The van der Waals surface area contributed by atoms with Crippen molar-refractivity contribution in [3.05, 3.63) is 24.0 Å². The molecular weight excluding hydrogens is 284 g/mol. The van der Waals surface area contributed by atoms with Gasteiger partial charge in [0, 0.05) is 11.8 Å². The zero-order valence-electron chi connectivity index (χ0n) is 10.4. The summed E-state index contributed by atoms with van der Waals surface area (Å²) in [4.78, 5) is 5.11. The van der Waals surface area contributed by atoms with Gasteiger partial charge in [0.1, 0.15) is 11.3 Å². The van der Waals surface area contributed by atoms with Gasteiger partial charge in [0.15, 0.2) is 11.4 Å². The van der Waals surface area contributed by atoms with Gasteiger partial charge in [0.25, 0.3) is 0 Å². The third-order valence-electron chi connectivity index (χ3n) is 2.53. The summed E-state index contributed by atoms with van der Waals surface area (Å²) in [5, 5.41) is 10.6. The second-order valence-electron chi connectivity index (χ2n) is 4.16. The van der Waals surface area contributed by atoms with Crippen LogP contribution in [-0.4, -0.2) is 33.6 Å². The van der Waals surface area contributed by atoms with Crippen molar-refractivity contribution in [1.29, 1.82) is 0 Å². The average molecular weight is 294 g/mol. The third-order valence-corrected chi connectivity index (χ3v) is 3.87. The number of tetrazole rings is 1. The van der Waals surface area contributed by atoms with Crippen LogP contribution in [0, 0.1) is 0 Å². The Labute approximate surface area is 113 Å². The zero-order chi connectivity index (χ0) is 14.3. The van der Waals surface area contributed by atoms with E-state index in [4.69, 9.17) is 10.2 Å². The molecule has 2 heterocycles. The minimum absolute atomic E-state index is 0.0780. The Hall–Kier alpha value is -2.49. The van der Waals surface area contributed by atoms with Gasteiger partial charge in [0.05, 0.1) is 7.05 Å². The molecule has 2 N–H and O–H groups in total. The lowest BCUT2D eigenvalue weighted by Crippen LogP contribution is -2.07. The lowest BCUT2D eigenvalue weighted by Gasteiger charge is -1.94. The average Bonchev–Trinajstić information content (AvgIpc) is 2.95. The quantitative estimate of drug-likeness (QED) is 0.663. The molecule has 20 heavy (non-hydrogen) atoms. The molecule has 0 unspecified atom stereocenters. The molecule has 0 aliphatic rings. The summed E-state index contributed by atoms with van der Waals surface area (Å²) in [6.45, 7) is 0. The van der Waals surface area contributed by atoms with E-state index in [1.807, 2.05) is 0 Å². The Kier molecular flexibility index (Phi) is 2.67. The lowest BCUT2D eigenvalue weighted by molar-refractivity contribution is 0.457. The number of nitrogens with zero attached hydrogens (tertiary/aromatic N) is 5. The molecule has 0 radical (unpaired) electrons. The van der Waals surface area contributed by atoms with E-state index in [1.165, 1.54) is 10.9 Å². The molecule has 2 aromatic heterocycles. The standard InChI is InChI=1S/C10H10N6O3S/c1-16-14-9(13-15-16)5-20(17,18)10-12-7-3-2-6(11)4-8(7)19-10/h2-4H,5,11H2,1H3. The number of aromatic nitrogens is 5. The second-order valence-corrected chi connectivity index (χ2v) is 6.03. The van der Waals surface area contributed by atoms with Gasteiger partial charge < -0.3 is 10.2 Å². The molecule has 0 bridgehead atoms. The van der Waals surface area contributed by atoms with Crippen LogP contribution in [-0.2, 0) is 22.6 Å². The first-order valence-corrected chi connectivity index (χ1v) is 7.21. The van der Waals surface area contributed by atoms with E-state index >= 15 is 0 Å². The van der Waals surface area contributed by atoms with Crippen LogP contribution in [0.15, 0.2) is 27.8 Å². The minimum Gasteiger partial charge on any atom is -0.428 e. The summed E-state index contributed by atoms with van der Waals surface area (Å²) >= 11 is 0. The molecule has 3 aromatic rings. The number of nitrogen functional groups attached to an aromatic ring is 1. The molecule has 0 saturated heterocycles. The van der Waals surface area contributed by atoms with E-state index in [2.05, 4.69) is 20.4 Å². The van der Waals surface area contributed by atoms with Gasteiger partial charge in [-0.1, -0.05) is 0 Å². The number of fused-ring (bicyclic) bond motifs is 1. The first-order valence-electron chi connectivity index (χ1n) is 5.56. The van der Waals surface area contributed by atoms with E-state index < -0.39 is 15.6 Å². The van der Waals surface area contributed by atoms with Crippen LogP contribution in [0.1, 0.15) is 5.82 Å². The van der Waals surface area contributed by atoms with E-state index in [0.29, 0.717) is 16.8 Å². The Balaban J connectivity index is 2.00. The minimum atomic E-state index is -3.77. The van der Waals surface area contributed by atoms with Gasteiger partial charge in [-0.15, -0.1) is 10.2 Å². The highest BCUT2D eigenvalue weighted by molar-refractivity contribution is 7.90. The fourth-order valence-electron chi connectivity index (χ4n) is 1.67. The summed E-state index contributed by atoms with van der Waals surface area (Å²) < 4.78 is 29.6. The third kappa shape index (κ3) is 2.20. The molecule has 0 atom stereocenters. The highest BCUT2D eigenvalue weighted by atomic mass is 32.2. The molecular formula is C10H10N6O3S. The van der Waals surface area contributed by atoms with Crippen LogP contribution >= 0.6 is 0 Å².